The number of nitrogens with zero attached hydrogens (tertiary/aromatic N) is 2. The predicted molar refractivity (Wildman–Crippen MR) is 81.7 cm³/mol. The summed E-state index contributed by atoms with van der Waals surface area (Å²) in [5.74, 6) is 0.264. The lowest BCUT2D eigenvalue weighted by Gasteiger charge is -2.15. The molecule has 0 saturated carbocycles. The second-order valence-corrected chi connectivity index (χ2v) is 5.45. The summed E-state index contributed by atoms with van der Waals surface area (Å²) < 4.78 is 1.85. The highest BCUT2D eigenvalue weighted by Crippen LogP contribution is 2.18. The molecule has 106 valence electrons. The summed E-state index contributed by atoms with van der Waals surface area (Å²) in [4.78, 5) is 16.1. The molecule has 2 rings (SSSR count). The van der Waals surface area contributed by atoms with Crippen LogP contribution in [0.25, 0.3) is 11.7 Å². The molecule has 0 spiro atoms. The van der Waals surface area contributed by atoms with Gasteiger partial charge in [-0.2, -0.15) is 0 Å². The first-order chi connectivity index (χ1) is 9.49. The number of carbonyl (C=O) groups excluding carboxylic acids is 1. The first kappa shape index (κ1) is 14.6. The van der Waals surface area contributed by atoms with E-state index < -0.39 is 0 Å². The molecular formula is C15H18ClN3O. The molecule has 0 fully saturated rings. The van der Waals surface area contributed by atoms with E-state index in [1.807, 2.05) is 35.7 Å². The summed E-state index contributed by atoms with van der Waals surface area (Å²) in [5.41, 5.74) is 1.46. The molecule has 20 heavy (non-hydrogen) atoms. The average Bonchev–Trinajstić information content (AvgIpc) is 2.71. The number of imidazole rings is 1. The fraction of sp³-hybridized carbons (Fsp3) is 0.333. The molecule has 0 radical (unpaired) electrons. The van der Waals surface area contributed by atoms with Crippen molar-refractivity contribution in [1.82, 2.24) is 14.7 Å². The third-order valence-corrected chi connectivity index (χ3v) is 3.56. The van der Waals surface area contributed by atoms with Crippen LogP contribution in [0.4, 0.5) is 0 Å². The average molecular weight is 292 g/mol. The Kier molecular flexibility index (Phi) is 4.45. The van der Waals surface area contributed by atoms with E-state index in [-0.39, 0.29) is 11.9 Å². The Morgan fingerprint density at radius 2 is 2.15 bits per heavy atom. The quantitative estimate of drug-likeness (QED) is 0.880. The van der Waals surface area contributed by atoms with Gasteiger partial charge >= 0.3 is 0 Å². The van der Waals surface area contributed by atoms with E-state index in [2.05, 4.69) is 24.1 Å². The van der Waals surface area contributed by atoms with Crippen LogP contribution in [-0.4, -0.2) is 21.3 Å². The van der Waals surface area contributed by atoms with E-state index in [1.165, 1.54) is 6.08 Å². The Labute approximate surface area is 123 Å². The molecule has 1 atom stereocenters. The zero-order valence-corrected chi connectivity index (χ0v) is 12.6. The molecule has 2 aromatic rings. The van der Waals surface area contributed by atoms with Crippen LogP contribution in [0.2, 0.25) is 5.15 Å². The van der Waals surface area contributed by atoms with E-state index in [9.17, 15) is 4.79 Å². The van der Waals surface area contributed by atoms with Gasteiger partial charge in [0.25, 0.3) is 0 Å². The van der Waals surface area contributed by atoms with Crippen molar-refractivity contribution < 1.29 is 4.79 Å². The van der Waals surface area contributed by atoms with Crippen molar-refractivity contribution in [3.8, 4) is 0 Å². The number of carbonyl (C=O) groups is 1. The minimum Gasteiger partial charge on any atom is -0.350 e. The monoisotopic (exact) mass is 291 g/mol. The number of fused-ring (bicyclic) bond motifs is 1. The number of rotatable bonds is 4. The van der Waals surface area contributed by atoms with Gasteiger partial charge < -0.3 is 5.32 Å². The maximum atomic E-state index is 11.8. The lowest BCUT2D eigenvalue weighted by molar-refractivity contribution is -0.117. The van der Waals surface area contributed by atoms with Gasteiger partial charge in [-0.3, -0.25) is 9.20 Å². The van der Waals surface area contributed by atoms with E-state index >= 15 is 0 Å². The van der Waals surface area contributed by atoms with Crippen molar-refractivity contribution in [2.24, 2.45) is 5.92 Å². The summed E-state index contributed by atoms with van der Waals surface area (Å²) >= 11 is 6.09. The molecule has 1 amide bonds. The molecule has 0 bridgehead atoms. The van der Waals surface area contributed by atoms with Crippen LogP contribution in [-0.2, 0) is 4.79 Å². The van der Waals surface area contributed by atoms with E-state index in [1.54, 1.807) is 6.08 Å². The van der Waals surface area contributed by atoms with Gasteiger partial charge in [-0.15, -0.1) is 0 Å². The summed E-state index contributed by atoms with van der Waals surface area (Å²) in [6, 6.07) is 5.78. The van der Waals surface area contributed by atoms with Gasteiger partial charge in [0.2, 0.25) is 5.91 Å². The van der Waals surface area contributed by atoms with E-state index in [0.29, 0.717) is 16.8 Å². The van der Waals surface area contributed by atoms with Crippen LogP contribution >= 0.6 is 11.6 Å². The normalized spacial score (nSPS) is 13.2. The lowest BCUT2D eigenvalue weighted by atomic mass is 10.1. The molecular weight excluding hydrogens is 274 g/mol. The first-order valence-corrected chi connectivity index (χ1v) is 6.98. The highest BCUT2D eigenvalue weighted by molar-refractivity contribution is 6.31. The summed E-state index contributed by atoms with van der Waals surface area (Å²) in [5, 5.41) is 3.30. The maximum Gasteiger partial charge on any atom is 0.244 e. The van der Waals surface area contributed by atoms with Crippen molar-refractivity contribution in [1.29, 1.82) is 0 Å². The van der Waals surface area contributed by atoms with Crippen LogP contribution in [0, 0.1) is 5.92 Å². The lowest BCUT2D eigenvalue weighted by Crippen LogP contribution is -2.34. The van der Waals surface area contributed by atoms with Gasteiger partial charge in [-0.05, 0) is 31.1 Å². The molecule has 0 saturated heterocycles. The molecule has 5 heteroatoms. The Morgan fingerprint density at radius 3 is 2.85 bits per heavy atom. The predicted octanol–water partition coefficient (Wildman–Crippen LogP) is 3.16. The maximum absolute atomic E-state index is 11.8. The van der Waals surface area contributed by atoms with Gasteiger partial charge in [0.05, 0.1) is 5.69 Å². The second-order valence-electron chi connectivity index (χ2n) is 5.09. The Balaban J connectivity index is 2.17. The number of aromatic nitrogens is 2. The molecule has 0 aliphatic rings. The number of nitrogens with one attached hydrogen (secondary N) is 1. The number of hydrogen-bond acceptors (Lipinski definition) is 2. The van der Waals surface area contributed by atoms with Crippen LogP contribution in [0.15, 0.2) is 30.5 Å². The third-order valence-electron chi connectivity index (χ3n) is 3.28. The Morgan fingerprint density at radius 1 is 1.40 bits per heavy atom. The van der Waals surface area contributed by atoms with Gasteiger partial charge in [-0.25, -0.2) is 4.98 Å². The summed E-state index contributed by atoms with van der Waals surface area (Å²) in [6.07, 6.45) is 5.04. The zero-order valence-electron chi connectivity index (χ0n) is 11.8. The van der Waals surface area contributed by atoms with Crippen molar-refractivity contribution in [2.45, 2.75) is 26.8 Å². The topological polar surface area (TPSA) is 46.4 Å². The zero-order chi connectivity index (χ0) is 14.7. The van der Waals surface area contributed by atoms with Crippen LogP contribution < -0.4 is 5.32 Å². The van der Waals surface area contributed by atoms with Crippen molar-refractivity contribution in [2.75, 3.05) is 0 Å². The smallest absolute Gasteiger partial charge is 0.244 e. The van der Waals surface area contributed by atoms with Crippen molar-refractivity contribution in [3.63, 3.8) is 0 Å². The summed E-state index contributed by atoms with van der Waals surface area (Å²) in [6.45, 7) is 6.11. The van der Waals surface area contributed by atoms with Gasteiger partial charge in [0.1, 0.15) is 5.65 Å². The van der Waals surface area contributed by atoms with Crippen molar-refractivity contribution >= 4 is 29.2 Å². The fourth-order valence-corrected chi connectivity index (χ4v) is 1.97. The number of amides is 1. The van der Waals surface area contributed by atoms with Crippen LogP contribution in [0.1, 0.15) is 26.5 Å². The third kappa shape index (κ3) is 3.20. The van der Waals surface area contributed by atoms with E-state index in [0.717, 1.165) is 5.65 Å². The summed E-state index contributed by atoms with van der Waals surface area (Å²) in [7, 11) is 0. The largest absolute Gasteiger partial charge is 0.350 e. The fourth-order valence-electron chi connectivity index (χ4n) is 1.73. The highest BCUT2D eigenvalue weighted by atomic mass is 35.5. The molecule has 2 heterocycles. The minimum absolute atomic E-state index is 0.129. The van der Waals surface area contributed by atoms with Crippen molar-refractivity contribution in [3.05, 3.63) is 41.3 Å². The molecule has 4 nitrogen and oxygen atoms in total. The van der Waals surface area contributed by atoms with Gasteiger partial charge in [0.15, 0.2) is 5.15 Å². The molecule has 1 unspecified atom stereocenters. The standard InChI is InChI=1S/C15H18ClN3O/c1-10(2)11(3)17-14(20)8-7-12-15(16)18-13-6-4-5-9-19(12)13/h4-11H,1-3H3,(H,17,20)/b8-7+. The van der Waals surface area contributed by atoms with Crippen LogP contribution in [0.5, 0.6) is 0 Å². The molecule has 0 aliphatic carbocycles. The second kappa shape index (κ2) is 6.09. The molecule has 1 N–H and O–H groups in total. The van der Waals surface area contributed by atoms with Gasteiger partial charge in [-0.1, -0.05) is 31.5 Å². The van der Waals surface area contributed by atoms with E-state index in [4.69, 9.17) is 11.6 Å². The molecule has 0 aliphatic heterocycles. The van der Waals surface area contributed by atoms with Crippen LogP contribution in [0.3, 0.4) is 0 Å². The highest BCUT2D eigenvalue weighted by Gasteiger charge is 2.10. The Hall–Kier alpha value is -1.81. The number of halogens is 1. The SMILES string of the molecule is CC(C)C(C)NC(=O)/C=C/c1c(Cl)nc2ccccn12. The molecule has 0 aromatic carbocycles. The Bertz CT molecular complexity index is 646. The van der Waals surface area contributed by atoms with Gasteiger partial charge in [0, 0.05) is 18.3 Å². The first-order valence-electron chi connectivity index (χ1n) is 6.60. The number of hydrogen-bond donors (Lipinski definition) is 1. The number of pyridine rings is 1. The minimum atomic E-state index is -0.131. The molecule has 2 aromatic heterocycles.